The smallest absolute Gasteiger partial charge is 0.251 e. The third-order valence-corrected chi connectivity index (χ3v) is 4.79. The molecule has 2 nitrogen and oxygen atoms in total. The zero-order valence-electron chi connectivity index (χ0n) is 12.3. The summed E-state index contributed by atoms with van der Waals surface area (Å²) in [6.45, 7) is 6.62. The summed E-state index contributed by atoms with van der Waals surface area (Å²) in [5, 5.41) is 3.17. The normalized spacial score (nSPS) is 17.8. The summed E-state index contributed by atoms with van der Waals surface area (Å²) >= 11 is 0. The maximum absolute atomic E-state index is 12.2. The molecule has 0 heterocycles. The van der Waals surface area contributed by atoms with E-state index in [9.17, 15) is 4.79 Å². The van der Waals surface area contributed by atoms with Gasteiger partial charge in [0.15, 0.2) is 0 Å². The molecule has 0 atom stereocenters. The number of aryl methyl sites for hydroxylation is 1. The van der Waals surface area contributed by atoms with Crippen LogP contribution in [0, 0.1) is 5.41 Å². The molecule has 0 aliphatic heterocycles. The number of amides is 1. The summed E-state index contributed by atoms with van der Waals surface area (Å²) in [6.07, 6.45) is 5.69. The van der Waals surface area contributed by atoms with Crippen LogP contribution in [0.25, 0.3) is 0 Å². The molecule has 104 valence electrons. The van der Waals surface area contributed by atoms with Gasteiger partial charge in [0.2, 0.25) is 0 Å². The van der Waals surface area contributed by atoms with Crippen molar-refractivity contribution in [1.29, 1.82) is 0 Å². The first kappa shape index (κ1) is 14.1. The number of hydrogen-bond donors (Lipinski definition) is 1. The number of benzene rings is 1. The second-order valence-corrected chi connectivity index (χ2v) is 5.84. The molecule has 1 fully saturated rings. The fraction of sp³-hybridized carbons (Fsp3) is 0.588. The molecule has 1 amide bonds. The molecule has 1 aliphatic rings. The first-order valence-corrected chi connectivity index (χ1v) is 7.52. The molecule has 0 bridgehead atoms. The van der Waals surface area contributed by atoms with E-state index in [-0.39, 0.29) is 5.91 Å². The van der Waals surface area contributed by atoms with Gasteiger partial charge in [-0.25, -0.2) is 0 Å². The van der Waals surface area contributed by atoms with Gasteiger partial charge in [0.05, 0.1) is 0 Å². The Morgan fingerprint density at radius 1 is 1.26 bits per heavy atom. The van der Waals surface area contributed by atoms with E-state index in [0.29, 0.717) is 11.5 Å². The third kappa shape index (κ3) is 2.99. The van der Waals surface area contributed by atoms with Gasteiger partial charge in [-0.2, -0.15) is 0 Å². The van der Waals surface area contributed by atoms with Gasteiger partial charge in [-0.3, -0.25) is 4.79 Å². The van der Waals surface area contributed by atoms with Crippen LogP contribution in [0.5, 0.6) is 0 Å². The molecule has 1 aliphatic carbocycles. The van der Waals surface area contributed by atoms with Crippen LogP contribution >= 0.6 is 0 Å². The molecule has 0 saturated heterocycles. The van der Waals surface area contributed by atoms with Gasteiger partial charge < -0.3 is 5.32 Å². The highest BCUT2D eigenvalue weighted by molar-refractivity contribution is 5.94. The highest BCUT2D eigenvalue weighted by Gasteiger charge is 2.41. The molecule has 0 aromatic heterocycles. The summed E-state index contributed by atoms with van der Waals surface area (Å²) in [7, 11) is 0. The zero-order chi connectivity index (χ0) is 13.9. The Bertz CT molecular complexity index is 440. The Kier molecular flexibility index (Phi) is 4.28. The molecule has 2 heteroatoms. The molecule has 1 aromatic carbocycles. The minimum absolute atomic E-state index is 0.0844. The monoisotopic (exact) mass is 259 g/mol. The zero-order valence-corrected chi connectivity index (χ0v) is 12.3. The first-order chi connectivity index (χ1) is 9.12. The lowest BCUT2D eigenvalue weighted by molar-refractivity contribution is 0.0605. The van der Waals surface area contributed by atoms with Gasteiger partial charge in [0, 0.05) is 11.6 Å². The van der Waals surface area contributed by atoms with E-state index in [1.165, 1.54) is 18.4 Å². The predicted octanol–water partition coefficient (Wildman–Crippen LogP) is 3.95. The summed E-state index contributed by atoms with van der Waals surface area (Å²) < 4.78 is 0. The van der Waals surface area contributed by atoms with Crippen LogP contribution in [-0.2, 0) is 6.42 Å². The topological polar surface area (TPSA) is 29.1 Å². The van der Waals surface area contributed by atoms with Gasteiger partial charge >= 0.3 is 0 Å². The van der Waals surface area contributed by atoms with Gasteiger partial charge in [0.1, 0.15) is 0 Å². The van der Waals surface area contributed by atoms with Crippen molar-refractivity contribution in [2.24, 2.45) is 5.41 Å². The van der Waals surface area contributed by atoms with Crippen LogP contribution in [0.15, 0.2) is 24.3 Å². The van der Waals surface area contributed by atoms with Crippen molar-refractivity contribution >= 4 is 5.91 Å². The van der Waals surface area contributed by atoms with Crippen LogP contribution < -0.4 is 5.32 Å². The quantitative estimate of drug-likeness (QED) is 0.852. The second-order valence-electron chi connectivity index (χ2n) is 5.84. The van der Waals surface area contributed by atoms with Crippen molar-refractivity contribution in [2.45, 2.75) is 58.9 Å². The molecule has 1 aromatic rings. The number of rotatable bonds is 5. The highest BCUT2D eigenvalue weighted by atomic mass is 16.1. The highest BCUT2D eigenvalue weighted by Crippen LogP contribution is 2.46. The Labute approximate surface area is 116 Å². The Balaban J connectivity index is 1.92. The molecule has 0 spiro atoms. The van der Waals surface area contributed by atoms with Gasteiger partial charge in [-0.05, 0) is 42.4 Å². The fourth-order valence-electron chi connectivity index (χ4n) is 3.12. The van der Waals surface area contributed by atoms with Crippen LogP contribution in [0.1, 0.15) is 62.4 Å². The van der Waals surface area contributed by atoms with E-state index in [1.54, 1.807) is 0 Å². The van der Waals surface area contributed by atoms with Crippen LogP contribution in [0.3, 0.4) is 0 Å². The van der Waals surface area contributed by atoms with Crippen molar-refractivity contribution < 1.29 is 4.79 Å². The molecule has 2 rings (SSSR count). The SMILES string of the molecule is CCc1cccc(C(=O)NC2CC(CC)(CC)C2)c1. The van der Waals surface area contributed by atoms with E-state index in [2.05, 4.69) is 32.2 Å². The number of hydrogen-bond acceptors (Lipinski definition) is 1. The van der Waals surface area contributed by atoms with Crippen LogP contribution in [0.4, 0.5) is 0 Å². The van der Waals surface area contributed by atoms with Crippen LogP contribution in [-0.4, -0.2) is 11.9 Å². The van der Waals surface area contributed by atoms with Gasteiger partial charge in [-0.15, -0.1) is 0 Å². The third-order valence-electron chi connectivity index (χ3n) is 4.79. The lowest BCUT2D eigenvalue weighted by Crippen LogP contribution is -2.50. The predicted molar refractivity (Wildman–Crippen MR) is 79.3 cm³/mol. The second kappa shape index (κ2) is 5.77. The largest absolute Gasteiger partial charge is 0.349 e. The molecular formula is C17H25NO. The van der Waals surface area contributed by atoms with E-state index < -0.39 is 0 Å². The maximum Gasteiger partial charge on any atom is 0.251 e. The van der Waals surface area contributed by atoms with Crippen molar-refractivity contribution in [2.75, 3.05) is 0 Å². The average molecular weight is 259 g/mol. The number of carbonyl (C=O) groups excluding carboxylic acids is 1. The minimum atomic E-state index is 0.0844. The average Bonchev–Trinajstić information content (AvgIpc) is 2.42. The lowest BCUT2D eigenvalue weighted by atomic mass is 9.62. The molecule has 0 radical (unpaired) electrons. The van der Waals surface area contributed by atoms with Crippen molar-refractivity contribution in [3.05, 3.63) is 35.4 Å². The molecule has 1 N–H and O–H groups in total. The Hall–Kier alpha value is -1.31. The summed E-state index contributed by atoms with van der Waals surface area (Å²) in [6, 6.07) is 8.31. The fourth-order valence-corrected chi connectivity index (χ4v) is 3.12. The molecule has 19 heavy (non-hydrogen) atoms. The van der Waals surface area contributed by atoms with Crippen molar-refractivity contribution in [3.63, 3.8) is 0 Å². The van der Waals surface area contributed by atoms with Crippen molar-refractivity contribution in [1.82, 2.24) is 5.32 Å². The molecular weight excluding hydrogens is 234 g/mol. The summed E-state index contributed by atoms with van der Waals surface area (Å²) in [5.41, 5.74) is 2.51. The van der Waals surface area contributed by atoms with E-state index >= 15 is 0 Å². The number of carbonyl (C=O) groups is 1. The minimum Gasteiger partial charge on any atom is -0.349 e. The van der Waals surface area contributed by atoms with Crippen LogP contribution in [0.2, 0.25) is 0 Å². The summed E-state index contributed by atoms with van der Waals surface area (Å²) in [4.78, 5) is 12.2. The summed E-state index contributed by atoms with van der Waals surface area (Å²) in [5.74, 6) is 0.0844. The lowest BCUT2D eigenvalue weighted by Gasteiger charge is -2.47. The number of nitrogens with one attached hydrogen (secondary N) is 1. The van der Waals surface area contributed by atoms with E-state index in [4.69, 9.17) is 0 Å². The molecule has 1 saturated carbocycles. The van der Waals surface area contributed by atoms with Crippen molar-refractivity contribution in [3.8, 4) is 0 Å². The Morgan fingerprint density at radius 2 is 1.95 bits per heavy atom. The standard InChI is InChI=1S/C17H25NO/c1-4-13-8-7-9-14(10-13)16(19)18-15-11-17(5-2,6-3)12-15/h7-10,15H,4-6,11-12H2,1-3H3,(H,18,19). The van der Waals surface area contributed by atoms with Gasteiger partial charge in [0.25, 0.3) is 5.91 Å². The maximum atomic E-state index is 12.2. The first-order valence-electron chi connectivity index (χ1n) is 7.52. The van der Waals surface area contributed by atoms with Gasteiger partial charge in [-0.1, -0.05) is 45.7 Å². The van der Waals surface area contributed by atoms with E-state index in [1.807, 2.05) is 18.2 Å². The Morgan fingerprint density at radius 3 is 2.53 bits per heavy atom. The van der Waals surface area contributed by atoms with E-state index in [0.717, 1.165) is 24.8 Å². The molecule has 0 unspecified atom stereocenters.